The summed E-state index contributed by atoms with van der Waals surface area (Å²) in [5.41, 5.74) is 9.81. The minimum Gasteiger partial charge on any atom is -0.383 e. The molecule has 0 bridgehead atoms. The molecule has 0 saturated carbocycles. The van der Waals surface area contributed by atoms with Crippen molar-refractivity contribution >= 4 is 27.5 Å². The van der Waals surface area contributed by atoms with Crippen LogP contribution in [0.3, 0.4) is 0 Å². The van der Waals surface area contributed by atoms with Crippen LogP contribution in [0.15, 0.2) is 73.3 Å². The molecule has 0 aliphatic carbocycles. The molecule has 0 saturated heterocycles. The summed E-state index contributed by atoms with van der Waals surface area (Å²) in [5.74, 6) is 0.324. The van der Waals surface area contributed by atoms with Crippen molar-refractivity contribution in [2.75, 3.05) is 18.6 Å². The highest BCUT2D eigenvalue weighted by Crippen LogP contribution is 2.34. The fraction of sp³-hybridized carbons (Fsp3) is 0.136. The van der Waals surface area contributed by atoms with Crippen molar-refractivity contribution in [3.63, 3.8) is 0 Å². The molecule has 0 spiro atoms. The summed E-state index contributed by atoms with van der Waals surface area (Å²) in [7, 11) is -3.62. The van der Waals surface area contributed by atoms with Crippen LogP contribution in [0.2, 0.25) is 5.02 Å². The molecule has 2 heterocycles. The number of rotatable bonds is 7. The SMILES string of the molecule is CS(=O)(=O)OC[C@H](c1ccccc1)n1cc(-c2ncnc(N)c2-c2ccc(Cl)cc2)cn1. The molecule has 0 amide bonds. The van der Waals surface area contributed by atoms with Crippen LogP contribution in [0.5, 0.6) is 0 Å². The summed E-state index contributed by atoms with van der Waals surface area (Å²) >= 11 is 6.02. The Bertz CT molecular complexity index is 1330. The van der Waals surface area contributed by atoms with E-state index in [2.05, 4.69) is 15.1 Å². The predicted molar refractivity (Wildman–Crippen MR) is 123 cm³/mol. The minimum absolute atomic E-state index is 0.0973. The van der Waals surface area contributed by atoms with Crippen molar-refractivity contribution in [2.24, 2.45) is 0 Å². The van der Waals surface area contributed by atoms with Gasteiger partial charge in [0, 0.05) is 16.8 Å². The Morgan fingerprint density at radius 1 is 1.06 bits per heavy atom. The van der Waals surface area contributed by atoms with Gasteiger partial charge in [-0.05, 0) is 23.3 Å². The number of halogens is 1. The molecule has 2 aromatic carbocycles. The van der Waals surface area contributed by atoms with E-state index in [-0.39, 0.29) is 6.61 Å². The summed E-state index contributed by atoms with van der Waals surface area (Å²) in [6.07, 6.45) is 5.84. The fourth-order valence-electron chi connectivity index (χ4n) is 3.34. The summed E-state index contributed by atoms with van der Waals surface area (Å²) in [5, 5.41) is 5.07. The number of nitrogens with zero attached hydrogens (tertiary/aromatic N) is 4. The van der Waals surface area contributed by atoms with Crippen molar-refractivity contribution in [3.8, 4) is 22.4 Å². The first-order valence-electron chi connectivity index (χ1n) is 9.62. The van der Waals surface area contributed by atoms with Crippen molar-refractivity contribution in [3.05, 3.63) is 83.9 Å². The molecule has 4 aromatic rings. The third-order valence-corrected chi connectivity index (χ3v) is 5.64. The number of benzene rings is 2. The lowest BCUT2D eigenvalue weighted by Gasteiger charge is -2.17. The van der Waals surface area contributed by atoms with Gasteiger partial charge in [0.25, 0.3) is 10.1 Å². The normalized spacial score (nSPS) is 12.6. The van der Waals surface area contributed by atoms with Gasteiger partial charge in [0.05, 0.1) is 30.3 Å². The van der Waals surface area contributed by atoms with E-state index in [1.165, 1.54) is 6.33 Å². The Hall–Kier alpha value is -3.27. The van der Waals surface area contributed by atoms with Gasteiger partial charge in [0.15, 0.2) is 0 Å². The van der Waals surface area contributed by atoms with Gasteiger partial charge >= 0.3 is 0 Å². The lowest BCUT2D eigenvalue weighted by atomic mass is 10.0. The van der Waals surface area contributed by atoms with Crippen molar-refractivity contribution in [2.45, 2.75) is 6.04 Å². The number of anilines is 1. The van der Waals surface area contributed by atoms with Gasteiger partial charge in [0.1, 0.15) is 18.2 Å². The highest BCUT2D eigenvalue weighted by molar-refractivity contribution is 7.85. The maximum Gasteiger partial charge on any atom is 0.264 e. The van der Waals surface area contributed by atoms with Gasteiger partial charge in [-0.1, -0.05) is 54.1 Å². The molecule has 2 N–H and O–H groups in total. The zero-order valence-corrected chi connectivity index (χ0v) is 18.7. The second-order valence-electron chi connectivity index (χ2n) is 7.11. The largest absolute Gasteiger partial charge is 0.383 e. The van der Waals surface area contributed by atoms with Crippen LogP contribution >= 0.6 is 11.6 Å². The highest BCUT2D eigenvalue weighted by Gasteiger charge is 2.20. The highest BCUT2D eigenvalue weighted by atomic mass is 35.5. The molecule has 164 valence electrons. The number of nitrogen functional groups attached to an aromatic ring is 1. The molecule has 0 unspecified atom stereocenters. The van der Waals surface area contributed by atoms with Crippen molar-refractivity contribution < 1.29 is 12.6 Å². The first-order chi connectivity index (χ1) is 15.3. The van der Waals surface area contributed by atoms with E-state index in [0.717, 1.165) is 17.4 Å². The van der Waals surface area contributed by atoms with E-state index in [0.29, 0.717) is 27.7 Å². The molecular weight excluding hydrogens is 450 g/mol. The van der Waals surface area contributed by atoms with Crippen LogP contribution in [-0.4, -0.2) is 41.0 Å². The van der Waals surface area contributed by atoms with Crippen molar-refractivity contribution in [1.29, 1.82) is 0 Å². The van der Waals surface area contributed by atoms with Crippen LogP contribution in [0.1, 0.15) is 11.6 Å². The van der Waals surface area contributed by atoms with Gasteiger partial charge in [-0.2, -0.15) is 13.5 Å². The number of hydrogen-bond donors (Lipinski definition) is 1. The van der Waals surface area contributed by atoms with Crippen LogP contribution in [0.4, 0.5) is 5.82 Å². The van der Waals surface area contributed by atoms with E-state index in [4.69, 9.17) is 21.5 Å². The third-order valence-electron chi connectivity index (χ3n) is 4.83. The van der Waals surface area contributed by atoms with Crippen LogP contribution in [-0.2, 0) is 14.3 Å². The lowest BCUT2D eigenvalue weighted by Crippen LogP contribution is -2.19. The van der Waals surface area contributed by atoms with Gasteiger partial charge in [-0.25, -0.2) is 9.97 Å². The maximum atomic E-state index is 11.6. The first kappa shape index (κ1) is 21.9. The zero-order chi connectivity index (χ0) is 22.7. The predicted octanol–water partition coefficient (Wildman–Crippen LogP) is 3.81. The Morgan fingerprint density at radius 3 is 2.47 bits per heavy atom. The molecule has 8 nitrogen and oxygen atoms in total. The van der Waals surface area contributed by atoms with Crippen LogP contribution in [0, 0.1) is 0 Å². The van der Waals surface area contributed by atoms with E-state index in [1.807, 2.05) is 42.5 Å². The number of nitrogens with two attached hydrogens (primary N) is 1. The van der Waals surface area contributed by atoms with E-state index < -0.39 is 16.2 Å². The zero-order valence-electron chi connectivity index (χ0n) is 17.1. The molecule has 2 aromatic heterocycles. The minimum atomic E-state index is -3.62. The maximum absolute atomic E-state index is 11.6. The topological polar surface area (TPSA) is 113 Å². The summed E-state index contributed by atoms with van der Waals surface area (Å²) in [6.45, 7) is -0.0973. The molecule has 32 heavy (non-hydrogen) atoms. The van der Waals surface area contributed by atoms with E-state index >= 15 is 0 Å². The molecular formula is C22H20ClN5O3S. The smallest absolute Gasteiger partial charge is 0.264 e. The Kier molecular flexibility index (Phi) is 6.22. The van der Waals surface area contributed by atoms with Crippen LogP contribution in [0.25, 0.3) is 22.4 Å². The molecule has 0 aliphatic rings. The summed E-state index contributed by atoms with van der Waals surface area (Å²) in [6, 6.07) is 16.2. The fourth-order valence-corrected chi connectivity index (χ4v) is 3.84. The average Bonchev–Trinajstić information content (AvgIpc) is 3.24. The Morgan fingerprint density at radius 2 is 1.78 bits per heavy atom. The molecule has 10 heteroatoms. The number of aromatic nitrogens is 4. The molecule has 0 aliphatic heterocycles. The Balaban J connectivity index is 1.76. The van der Waals surface area contributed by atoms with E-state index in [9.17, 15) is 8.42 Å². The van der Waals surface area contributed by atoms with Crippen LogP contribution < -0.4 is 5.73 Å². The second-order valence-corrected chi connectivity index (χ2v) is 9.19. The van der Waals surface area contributed by atoms with Gasteiger partial charge in [-0.15, -0.1) is 0 Å². The first-order valence-corrected chi connectivity index (χ1v) is 11.8. The second kappa shape index (κ2) is 9.07. The van der Waals surface area contributed by atoms with Gasteiger partial charge < -0.3 is 5.73 Å². The Labute approximate surface area is 190 Å². The third kappa shape index (κ3) is 4.96. The van der Waals surface area contributed by atoms with E-state index in [1.54, 1.807) is 29.2 Å². The van der Waals surface area contributed by atoms with Gasteiger partial charge in [-0.3, -0.25) is 8.86 Å². The molecule has 0 radical (unpaired) electrons. The number of hydrogen-bond acceptors (Lipinski definition) is 7. The standard InChI is InChI=1S/C22H20ClN5O3S/c1-32(29,30)31-13-19(15-5-3-2-4-6-15)28-12-17(11-27-28)21-20(22(24)26-14-25-21)16-7-9-18(23)10-8-16/h2-12,14,19H,13H2,1H3,(H2,24,25,26)/t19-/m1/s1. The molecule has 4 rings (SSSR count). The molecule has 0 fully saturated rings. The average molecular weight is 470 g/mol. The molecule has 1 atom stereocenters. The summed E-state index contributed by atoms with van der Waals surface area (Å²) < 4.78 is 29.9. The monoisotopic (exact) mass is 469 g/mol. The lowest BCUT2D eigenvalue weighted by molar-refractivity contribution is 0.269. The summed E-state index contributed by atoms with van der Waals surface area (Å²) in [4.78, 5) is 8.56. The van der Waals surface area contributed by atoms with Gasteiger partial charge in [0.2, 0.25) is 0 Å². The van der Waals surface area contributed by atoms with Crippen molar-refractivity contribution in [1.82, 2.24) is 19.7 Å². The quantitative estimate of drug-likeness (QED) is 0.409.